The van der Waals surface area contributed by atoms with Gasteiger partial charge in [-0.15, -0.1) is 10.2 Å². The summed E-state index contributed by atoms with van der Waals surface area (Å²) in [6, 6.07) is 7.27. The molecule has 1 fully saturated rings. The highest BCUT2D eigenvalue weighted by molar-refractivity contribution is 7.90. The van der Waals surface area contributed by atoms with E-state index < -0.39 is 26.9 Å². The lowest BCUT2D eigenvalue weighted by molar-refractivity contribution is 0.242. The smallest absolute Gasteiger partial charge is 0.221 e. The summed E-state index contributed by atoms with van der Waals surface area (Å²) < 4.78 is 53.8. The Morgan fingerprint density at radius 1 is 1.08 bits per heavy atom. The van der Waals surface area contributed by atoms with Crippen LogP contribution in [0.25, 0.3) is 17.2 Å². The van der Waals surface area contributed by atoms with Gasteiger partial charge in [-0.2, -0.15) is 9.78 Å². The van der Waals surface area contributed by atoms with E-state index in [0.29, 0.717) is 5.69 Å². The zero-order chi connectivity index (χ0) is 25.5. The van der Waals surface area contributed by atoms with Gasteiger partial charge in [-0.05, 0) is 54.0 Å². The lowest BCUT2D eigenvalue weighted by atomic mass is 9.66. The number of hydrogen-bond acceptors (Lipinski definition) is 8. The van der Waals surface area contributed by atoms with Crippen molar-refractivity contribution in [1.82, 2.24) is 34.9 Å². The molecule has 1 aromatic carbocycles. The van der Waals surface area contributed by atoms with Gasteiger partial charge in [0.15, 0.2) is 0 Å². The molecule has 4 aromatic rings. The van der Waals surface area contributed by atoms with Gasteiger partial charge in [0.05, 0.1) is 28.1 Å². The largest absolute Gasteiger partial charge is 0.267 e. The number of benzene rings is 1. The minimum absolute atomic E-state index is 0.0817. The van der Waals surface area contributed by atoms with Gasteiger partial charge in [0.2, 0.25) is 9.84 Å². The SMILES string of the molecule is CC1(C)C2CC[C@]1(c1ccnc(-n3cnc(S(C)(=O)=O)n3)n1)c1nnc(-c3c(F)cccc3F)cc12. The lowest BCUT2D eigenvalue weighted by Crippen LogP contribution is -2.38. The van der Waals surface area contributed by atoms with Crippen LogP contribution in [0.15, 0.2) is 48.0 Å². The number of aromatic nitrogens is 7. The van der Waals surface area contributed by atoms with E-state index in [1.54, 1.807) is 12.3 Å². The molecule has 2 atom stereocenters. The minimum atomic E-state index is -3.59. The molecule has 0 spiro atoms. The van der Waals surface area contributed by atoms with E-state index in [0.717, 1.165) is 30.4 Å². The average Bonchev–Trinajstić information content (AvgIpc) is 3.48. The first-order chi connectivity index (χ1) is 17.0. The van der Waals surface area contributed by atoms with Crippen LogP contribution in [0.5, 0.6) is 0 Å². The van der Waals surface area contributed by atoms with E-state index in [9.17, 15) is 17.2 Å². The molecule has 0 N–H and O–H groups in total. The van der Waals surface area contributed by atoms with Gasteiger partial charge in [0.25, 0.3) is 11.1 Å². The molecule has 0 aliphatic heterocycles. The molecule has 0 radical (unpaired) electrons. The zero-order valence-electron chi connectivity index (χ0n) is 19.6. The second-order valence-corrected chi connectivity index (χ2v) is 11.7. The van der Waals surface area contributed by atoms with Crippen molar-refractivity contribution >= 4 is 9.84 Å². The fraction of sp³-hybridized carbons (Fsp3) is 0.333. The molecule has 0 saturated heterocycles. The van der Waals surface area contributed by atoms with Gasteiger partial charge in [-0.25, -0.2) is 32.2 Å². The van der Waals surface area contributed by atoms with Crippen LogP contribution in [0.2, 0.25) is 0 Å². The summed E-state index contributed by atoms with van der Waals surface area (Å²) >= 11 is 0. The number of halogens is 2. The molecule has 36 heavy (non-hydrogen) atoms. The molecule has 1 unspecified atom stereocenters. The molecule has 3 heterocycles. The van der Waals surface area contributed by atoms with Gasteiger partial charge < -0.3 is 0 Å². The van der Waals surface area contributed by atoms with E-state index >= 15 is 0 Å². The molecule has 0 amide bonds. The summed E-state index contributed by atoms with van der Waals surface area (Å²) in [7, 11) is -3.59. The predicted molar refractivity (Wildman–Crippen MR) is 124 cm³/mol. The van der Waals surface area contributed by atoms with Gasteiger partial charge in [-0.3, -0.25) is 0 Å². The molecular formula is C24H21F2N7O2S. The molecule has 9 nitrogen and oxygen atoms in total. The van der Waals surface area contributed by atoms with Gasteiger partial charge in [-0.1, -0.05) is 19.9 Å². The van der Waals surface area contributed by atoms with Crippen molar-refractivity contribution in [2.45, 2.75) is 43.2 Å². The van der Waals surface area contributed by atoms with Crippen molar-refractivity contribution < 1.29 is 17.2 Å². The summed E-state index contributed by atoms with van der Waals surface area (Å²) in [5.41, 5.74) is 1.33. The average molecular weight is 510 g/mol. The Labute approximate surface area is 205 Å². The standard InChI is InChI=1S/C24H21F2N7O2S/c1-23(2)14-7-9-24(23,18-8-10-27-21(29-18)33-12-28-22(32-33)36(3,34)35)20-13(14)11-17(30-31-20)19-15(25)5-4-6-16(19)26/h4-6,8,10-12,14H,7,9H2,1-3H3/t14?,24-/m0/s1. The van der Waals surface area contributed by atoms with Crippen molar-refractivity contribution in [3.63, 3.8) is 0 Å². The van der Waals surface area contributed by atoms with Crippen LogP contribution in [0.4, 0.5) is 8.78 Å². The lowest BCUT2D eigenvalue weighted by Gasteiger charge is -2.37. The fourth-order valence-corrected chi connectivity index (χ4v) is 6.44. The van der Waals surface area contributed by atoms with E-state index in [-0.39, 0.29) is 33.7 Å². The van der Waals surface area contributed by atoms with E-state index in [4.69, 9.17) is 4.98 Å². The monoisotopic (exact) mass is 509 g/mol. The highest BCUT2D eigenvalue weighted by Crippen LogP contribution is 2.69. The topological polar surface area (TPSA) is 116 Å². The quantitative estimate of drug-likeness (QED) is 0.411. The fourth-order valence-electron chi connectivity index (χ4n) is 5.97. The predicted octanol–water partition coefficient (Wildman–Crippen LogP) is 3.40. The van der Waals surface area contributed by atoms with E-state index in [1.165, 1.54) is 29.2 Å². The minimum Gasteiger partial charge on any atom is -0.221 e. The summed E-state index contributed by atoms with van der Waals surface area (Å²) in [6.07, 6.45) is 5.47. The molecule has 1 saturated carbocycles. The molecular weight excluding hydrogens is 488 g/mol. The Hall–Kier alpha value is -3.67. The van der Waals surface area contributed by atoms with Crippen molar-refractivity contribution in [3.8, 4) is 17.2 Å². The summed E-state index contributed by atoms with van der Waals surface area (Å²) in [5, 5.41) is 12.5. The van der Waals surface area contributed by atoms with E-state index in [2.05, 4.69) is 39.1 Å². The number of fused-ring (bicyclic) bond motifs is 5. The second kappa shape index (κ2) is 7.42. The first-order valence-corrected chi connectivity index (χ1v) is 13.2. The highest BCUT2D eigenvalue weighted by Gasteiger charge is 2.65. The van der Waals surface area contributed by atoms with E-state index in [1.807, 2.05) is 6.07 Å². The maximum atomic E-state index is 14.5. The van der Waals surface area contributed by atoms with Crippen LogP contribution in [-0.2, 0) is 15.3 Å². The van der Waals surface area contributed by atoms with Gasteiger partial charge >= 0.3 is 0 Å². The third kappa shape index (κ3) is 3.00. The summed E-state index contributed by atoms with van der Waals surface area (Å²) in [4.78, 5) is 12.9. The summed E-state index contributed by atoms with van der Waals surface area (Å²) in [6.45, 7) is 4.27. The Kier molecular flexibility index (Phi) is 4.69. The van der Waals surface area contributed by atoms with Crippen molar-refractivity contribution in [2.24, 2.45) is 5.41 Å². The summed E-state index contributed by atoms with van der Waals surface area (Å²) in [5.74, 6) is -1.13. The Bertz CT molecular complexity index is 1630. The zero-order valence-corrected chi connectivity index (χ0v) is 20.5. The molecule has 2 aliphatic carbocycles. The molecule has 6 rings (SSSR count). The van der Waals surface area contributed by atoms with Crippen molar-refractivity contribution in [1.29, 1.82) is 0 Å². The molecule has 3 aromatic heterocycles. The van der Waals surface area contributed by atoms with Crippen LogP contribution in [-0.4, -0.2) is 49.6 Å². The van der Waals surface area contributed by atoms with Crippen molar-refractivity contribution in [2.75, 3.05) is 6.26 Å². The molecule has 2 bridgehead atoms. The second-order valence-electron chi connectivity index (χ2n) is 9.83. The number of rotatable bonds is 4. The molecule has 184 valence electrons. The number of sulfone groups is 1. The third-order valence-electron chi connectivity index (χ3n) is 7.69. The Balaban J connectivity index is 1.49. The maximum Gasteiger partial charge on any atom is 0.267 e. The van der Waals surface area contributed by atoms with Gasteiger partial charge in [0, 0.05) is 12.5 Å². The highest BCUT2D eigenvalue weighted by atomic mass is 32.2. The normalized spacial score (nSPS) is 22.1. The van der Waals surface area contributed by atoms with Crippen molar-refractivity contribution in [3.05, 3.63) is 71.4 Å². The number of nitrogens with zero attached hydrogens (tertiary/aromatic N) is 7. The van der Waals surface area contributed by atoms with Crippen LogP contribution in [0.3, 0.4) is 0 Å². The third-order valence-corrected chi connectivity index (χ3v) is 8.54. The van der Waals surface area contributed by atoms with Crippen LogP contribution < -0.4 is 0 Å². The van der Waals surface area contributed by atoms with Crippen LogP contribution in [0.1, 0.15) is 49.6 Å². The first-order valence-electron chi connectivity index (χ1n) is 11.3. The first kappa shape index (κ1) is 22.8. The Morgan fingerprint density at radius 2 is 1.83 bits per heavy atom. The van der Waals surface area contributed by atoms with Gasteiger partial charge in [0.1, 0.15) is 18.0 Å². The molecule has 2 aliphatic rings. The Morgan fingerprint density at radius 3 is 2.53 bits per heavy atom. The van der Waals surface area contributed by atoms with Crippen LogP contribution >= 0.6 is 0 Å². The van der Waals surface area contributed by atoms with Crippen LogP contribution in [0, 0.1) is 17.0 Å². The maximum absolute atomic E-state index is 14.5. The molecule has 12 heteroatoms. The number of hydrogen-bond donors (Lipinski definition) is 0.